The van der Waals surface area contributed by atoms with Crippen LogP contribution in [0.5, 0.6) is 0 Å². The zero-order valence-corrected chi connectivity index (χ0v) is 16.7. The predicted molar refractivity (Wildman–Crippen MR) is 105 cm³/mol. The quantitative estimate of drug-likeness (QED) is 0.661. The van der Waals surface area contributed by atoms with Gasteiger partial charge in [-0.25, -0.2) is 0 Å². The van der Waals surface area contributed by atoms with E-state index in [-0.39, 0.29) is 24.2 Å². The summed E-state index contributed by atoms with van der Waals surface area (Å²) < 4.78 is 43.5. The Morgan fingerprint density at radius 2 is 1.80 bits per heavy atom. The minimum atomic E-state index is -4.36. The fraction of sp³-hybridized carbons (Fsp3) is 0.391. The third-order valence-electron chi connectivity index (χ3n) is 5.49. The van der Waals surface area contributed by atoms with Crippen LogP contribution < -0.4 is 0 Å². The Labute approximate surface area is 173 Å². The molecule has 0 aliphatic carbocycles. The van der Waals surface area contributed by atoms with Gasteiger partial charge in [0.2, 0.25) is 0 Å². The van der Waals surface area contributed by atoms with E-state index in [4.69, 9.17) is 10.00 Å². The van der Waals surface area contributed by atoms with Gasteiger partial charge < -0.3 is 4.74 Å². The molecule has 158 valence electrons. The Kier molecular flexibility index (Phi) is 6.78. The van der Waals surface area contributed by atoms with E-state index in [1.807, 2.05) is 12.1 Å². The summed E-state index contributed by atoms with van der Waals surface area (Å²) in [6.45, 7) is 2.02. The summed E-state index contributed by atoms with van der Waals surface area (Å²) in [6.07, 6.45) is -3.37. The van der Waals surface area contributed by atoms with Gasteiger partial charge in [0.25, 0.3) is 0 Å². The molecule has 0 bridgehead atoms. The number of halogens is 3. The van der Waals surface area contributed by atoms with Gasteiger partial charge in [-0.15, -0.1) is 0 Å². The minimum Gasteiger partial charge on any atom is -0.469 e. The zero-order valence-electron chi connectivity index (χ0n) is 16.7. The molecule has 0 N–H and O–H groups in total. The smallest absolute Gasteiger partial charge is 0.416 e. The molecule has 0 radical (unpaired) electrons. The first kappa shape index (κ1) is 21.8. The molecule has 1 heterocycles. The molecule has 2 aromatic rings. The van der Waals surface area contributed by atoms with Crippen molar-refractivity contribution >= 4 is 5.97 Å². The molecule has 0 unspecified atom stereocenters. The maximum absolute atomic E-state index is 12.9. The van der Waals surface area contributed by atoms with E-state index in [0.717, 1.165) is 23.3 Å². The number of carbonyl (C=O) groups excluding carboxylic acids is 1. The van der Waals surface area contributed by atoms with E-state index in [2.05, 4.69) is 11.0 Å². The van der Waals surface area contributed by atoms with Gasteiger partial charge in [0.05, 0.1) is 24.3 Å². The van der Waals surface area contributed by atoms with Gasteiger partial charge in [0, 0.05) is 26.1 Å². The molecule has 7 heteroatoms. The molecule has 4 nitrogen and oxygen atoms in total. The Morgan fingerprint density at radius 3 is 2.37 bits per heavy atom. The highest BCUT2D eigenvalue weighted by Gasteiger charge is 2.32. The molecule has 2 aromatic carbocycles. The summed E-state index contributed by atoms with van der Waals surface area (Å²) in [6, 6.07) is 14.7. The summed E-state index contributed by atoms with van der Waals surface area (Å²) >= 11 is 0. The number of methoxy groups -OCH3 is 1. The molecule has 0 amide bonds. The minimum absolute atomic E-state index is 0.0223. The van der Waals surface area contributed by atoms with Crippen molar-refractivity contribution in [2.45, 2.75) is 31.5 Å². The highest BCUT2D eigenvalue weighted by Crippen LogP contribution is 2.35. The second-order valence-corrected chi connectivity index (χ2v) is 7.70. The highest BCUT2D eigenvalue weighted by molar-refractivity contribution is 5.69. The van der Waals surface area contributed by atoms with Crippen LogP contribution >= 0.6 is 0 Å². The number of piperidine rings is 1. The summed E-state index contributed by atoms with van der Waals surface area (Å²) in [7, 11) is 1.35. The van der Waals surface area contributed by atoms with Crippen LogP contribution in [-0.4, -0.2) is 31.1 Å². The first-order valence-corrected chi connectivity index (χ1v) is 9.74. The summed E-state index contributed by atoms with van der Waals surface area (Å²) in [5, 5.41) is 8.95. The third-order valence-corrected chi connectivity index (χ3v) is 5.49. The number of rotatable bonds is 5. The normalized spacial score (nSPS) is 19.8. The zero-order chi connectivity index (χ0) is 21.7. The third kappa shape index (κ3) is 5.61. The van der Waals surface area contributed by atoms with E-state index < -0.39 is 11.7 Å². The van der Waals surface area contributed by atoms with Crippen LogP contribution in [-0.2, 0) is 22.3 Å². The van der Waals surface area contributed by atoms with E-state index in [1.54, 1.807) is 12.1 Å². The van der Waals surface area contributed by atoms with E-state index in [9.17, 15) is 18.0 Å². The topological polar surface area (TPSA) is 53.3 Å². The Balaban J connectivity index is 1.77. The SMILES string of the molecule is COC(=O)C[C@@H]1C[C@@H](c2ccc(C(F)(F)F)cc2)CN(Cc2ccc(C#N)cc2)C1. The molecule has 2 atom stereocenters. The monoisotopic (exact) mass is 416 g/mol. The Morgan fingerprint density at radius 1 is 1.13 bits per heavy atom. The number of carbonyl (C=O) groups is 1. The molecule has 1 aliphatic heterocycles. The average molecular weight is 416 g/mol. The Bertz CT molecular complexity index is 902. The number of nitrogens with zero attached hydrogens (tertiary/aromatic N) is 2. The standard InChI is InChI=1S/C23H23F3N2O2/c1-30-22(29)11-18-10-20(19-6-8-21(9-7-19)23(24,25)26)15-28(14-18)13-17-4-2-16(12-27)3-5-17/h2-9,18,20H,10-11,13-15H2,1H3/t18-,20+/m0/s1. The largest absolute Gasteiger partial charge is 0.469 e. The average Bonchev–Trinajstić information content (AvgIpc) is 2.73. The van der Waals surface area contributed by atoms with Crippen LogP contribution in [0.2, 0.25) is 0 Å². The van der Waals surface area contributed by atoms with Gasteiger partial charge in [-0.1, -0.05) is 24.3 Å². The maximum atomic E-state index is 12.9. The molecular formula is C23H23F3N2O2. The second kappa shape index (κ2) is 9.31. The van der Waals surface area contributed by atoms with Crippen LogP contribution in [0, 0.1) is 17.2 Å². The van der Waals surface area contributed by atoms with Crippen LogP contribution in [0.1, 0.15) is 41.0 Å². The van der Waals surface area contributed by atoms with Crippen molar-refractivity contribution in [1.29, 1.82) is 5.26 Å². The lowest BCUT2D eigenvalue weighted by Gasteiger charge is -2.38. The molecule has 3 rings (SSSR count). The highest BCUT2D eigenvalue weighted by atomic mass is 19.4. The Hall–Kier alpha value is -2.85. The number of hydrogen-bond donors (Lipinski definition) is 0. The number of ether oxygens (including phenoxy) is 1. The van der Waals surface area contributed by atoms with Crippen molar-refractivity contribution in [3.05, 3.63) is 70.8 Å². The molecule has 1 fully saturated rings. The first-order valence-electron chi connectivity index (χ1n) is 9.74. The van der Waals surface area contributed by atoms with Crippen molar-refractivity contribution in [1.82, 2.24) is 4.90 Å². The van der Waals surface area contributed by atoms with Crippen molar-refractivity contribution in [2.75, 3.05) is 20.2 Å². The van der Waals surface area contributed by atoms with Crippen molar-refractivity contribution < 1.29 is 22.7 Å². The fourth-order valence-corrected chi connectivity index (χ4v) is 4.03. The van der Waals surface area contributed by atoms with Gasteiger partial charge in [0.15, 0.2) is 0 Å². The number of nitriles is 1. The van der Waals surface area contributed by atoms with Crippen LogP contribution in [0.25, 0.3) is 0 Å². The van der Waals surface area contributed by atoms with Crippen molar-refractivity contribution in [2.24, 2.45) is 5.92 Å². The number of alkyl halides is 3. The number of hydrogen-bond acceptors (Lipinski definition) is 4. The summed E-state index contributed by atoms with van der Waals surface area (Å²) in [5.41, 5.74) is 1.80. The van der Waals surface area contributed by atoms with Gasteiger partial charge in [-0.3, -0.25) is 9.69 Å². The number of likely N-dealkylation sites (tertiary alicyclic amines) is 1. The van der Waals surface area contributed by atoms with Gasteiger partial charge in [-0.2, -0.15) is 18.4 Å². The second-order valence-electron chi connectivity index (χ2n) is 7.70. The van der Waals surface area contributed by atoms with E-state index in [0.29, 0.717) is 31.6 Å². The lowest BCUT2D eigenvalue weighted by Crippen LogP contribution is -2.40. The maximum Gasteiger partial charge on any atom is 0.416 e. The summed E-state index contributed by atoms with van der Waals surface area (Å²) in [4.78, 5) is 14.0. The predicted octanol–water partition coefficient (Wildman–Crippen LogP) is 4.75. The van der Waals surface area contributed by atoms with Crippen LogP contribution in [0.3, 0.4) is 0 Å². The lowest BCUT2D eigenvalue weighted by atomic mass is 9.82. The molecule has 0 aromatic heterocycles. The lowest BCUT2D eigenvalue weighted by molar-refractivity contribution is -0.142. The van der Waals surface area contributed by atoms with Crippen LogP contribution in [0.4, 0.5) is 13.2 Å². The molecule has 1 aliphatic rings. The number of esters is 1. The van der Waals surface area contributed by atoms with Gasteiger partial charge in [0.1, 0.15) is 0 Å². The van der Waals surface area contributed by atoms with Gasteiger partial charge in [-0.05, 0) is 53.6 Å². The van der Waals surface area contributed by atoms with E-state index >= 15 is 0 Å². The molecular weight excluding hydrogens is 393 g/mol. The van der Waals surface area contributed by atoms with Crippen LogP contribution in [0.15, 0.2) is 48.5 Å². The fourth-order valence-electron chi connectivity index (χ4n) is 4.03. The van der Waals surface area contributed by atoms with Crippen molar-refractivity contribution in [3.63, 3.8) is 0 Å². The first-order chi connectivity index (χ1) is 14.3. The molecule has 30 heavy (non-hydrogen) atoms. The number of benzene rings is 2. The molecule has 1 saturated heterocycles. The molecule has 0 saturated carbocycles. The van der Waals surface area contributed by atoms with Gasteiger partial charge >= 0.3 is 12.1 Å². The van der Waals surface area contributed by atoms with E-state index in [1.165, 1.54) is 19.2 Å². The van der Waals surface area contributed by atoms with Crippen molar-refractivity contribution in [3.8, 4) is 6.07 Å². The molecule has 0 spiro atoms. The summed E-state index contributed by atoms with van der Waals surface area (Å²) in [5.74, 6) is -0.211.